The van der Waals surface area contributed by atoms with Gasteiger partial charge in [0.05, 0.1) is 18.1 Å². The summed E-state index contributed by atoms with van der Waals surface area (Å²) < 4.78 is 0. The van der Waals surface area contributed by atoms with Crippen molar-refractivity contribution in [2.24, 2.45) is 0 Å². The van der Waals surface area contributed by atoms with Gasteiger partial charge in [0.25, 0.3) is 5.56 Å². The number of piperidine rings is 1. The molecule has 1 aromatic carbocycles. The van der Waals surface area contributed by atoms with E-state index in [1.165, 1.54) is 17.5 Å². The lowest BCUT2D eigenvalue weighted by Crippen LogP contribution is -2.51. The molecule has 0 bridgehead atoms. The van der Waals surface area contributed by atoms with Crippen LogP contribution in [0.5, 0.6) is 0 Å². The van der Waals surface area contributed by atoms with Crippen molar-refractivity contribution in [2.45, 2.75) is 37.8 Å². The third-order valence-electron chi connectivity index (χ3n) is 5.69. The molecule has 0 unspecified atom stereocenters. The number of aromatic nitrogens is 2. The summed E-state index contributed by atoms with van der Waals surface area (Å²) in [4.78, 5) is 35.6. The van der Waals surface area contributed by atoms with E-state index in [1.807, 2.05) is 18.0 Å². The monoisotopic (exact) mass is 352 g/mol. The minimum atomic E-state index is -0.115. The molecule has 1 atom stereocenters. The van der Waals surface area contributed by atoms with E-state index in [4.69, 9.17) is 0 Å². The van der Waals surface area contributed by atoms with E-state index >= 15 is 0 Å². The predicted molar refractivity (Wildman–Crippen MR) is 98.8 cm³/mol. The minimum absolute atomic E-state index is 0.0841. The first kappa shape index (κ1) is 17.0. The van der Waals surface area contributed by atoms with E-state index in [-0.39, 0.29) is 23.4 Å². The average molecular weight is 352 g/mol. The molecule has 4 rings (SSSR count). The molecule has 26 heavy (non-hydrogen) atoms. The molecule has 0 radical (unpaired) electrons. The molecule has 1 amide bonds. The normalized spacial score (nSPS) is 21.4. The van der Waals surface area contributed by atoms with Gasteiger partial charge in [-0.05, 0) is 37.4 Å². The van der Waals surface area contributed by atoms with Crippen LogP contribution in [-0.2, 0) is 17.8 Å². The number of hydrogen-bond donors (Lipinski definition) is 1. The van der Waals surface area contributed by atoms with Crippen LogP contribution in [0.4, 0.5) is 0 Å². The van der Waals surface area contributed by atoms with Gasteiger partial charge in [-0.2, -0.15) is 0 Å². The molecule has 6 nitrogen and oxygen atoms in total. The SMILES string of the molecule is CN1Cc2ccccc2C[C@@H]1C(=O)N1CCC(c2cc(=O)[nH]cn2)CC1. The van der Waals surface area contributed by atoms with Crippen LogP contribution in [0, 0.1) is 0 Å². The van der Waals surface area contributed by atoms with E-state index in [0.717, 1.165) is 44.6 Å². The van der Waals surface area contributed by atoms with E-state index in [1.54, 1.807) is 6.07 Å². The zero-order chi connectivity index (χ0) is 18.1. The molecule has 2 aliphatic heterocycles. The van der Waals surface area contributed by atoms with Gasteiger partial charge >= 0.3 is 0 Å². The number of nitrogens with zero attached hydrogens (tertiary/aromatic N) is 3. The third kappa shape index (κ3) is 3.29. The highest BCUT2D eigenvalue weighted by molar-refractivity contribution is 5.82. The Bertz CT molecular complexity index is 855. The van der Waals surface area contributed by atoms with E-state index in [9.17, 15) is 9.59 Å². The second-order valence-electron chi connectivity index (χ2n) is 7.34. The van der Waals surface area contributed by atoms with Gasteiger partial charge in [0.1, 0.15) is 0 Å². The Morgan fingerprint density at radius 2 is 1.92 bits per heavy atom. The molecule has 1 aromatic heterocycles. The van der Waals surface area contributed by atoms with Gasteiger partial charge in [0.15, 0.2) is 0 Å². The Labute approximate surface area is 152 Å². The molecule has 0 aliphatic carbocycles. The maximum Gasteiger partial charge on any atom is 0.250 e. The molecule has 136 valence electrons. The first-order chi connectivity index (χ1) is 12.6. The number of fused-ring (bicyclic) bond motifs is 1. The summed E-state index contributed by atoms with van der Waals surface area (Å²) in [6.45, 7) is 2.27. The third-order valence-corrected chi connectivity index (χ3v) is 5.69. The number of rotatable bonds is 2. The lowest BCUT2D eigenvalue weighted by atomic mass is 9.91. The fraction of sp³-hybridized carbons (Fsp3) is 0.450. The van der Waals surface area contributed by atoms with Gasteiger partial charge in [-0.15, -0.1) is 0 Å². The highest BCUT2D eigenvalue weighted by atomic mass is 16.2. The zero-order valence-corrected chi connectivity index (χ0v) is 15.0. The number of amides is 1. The van der Waals surface area contributed by atoms with E-state index in [2.05, 4.69) is 33.1 Å². The molecule has 0 spiro atoms. The van der Waals surface area contributed by atoms with Crippen molar-refractivity contribution >= 4 is 5.91 Å². The summed E-state index contributed by atoms with van der Waals surface area (Å²) in [6.07, 6.45) is 3.95. The first-order valence-corrected chi connectivity index (χ1v) is 9.22. The lowest BCUT2D eigenvalue weighted by molar-refractivity contribution is -0.138. The summed E-state index contributed by atoms with van der Waals surface area (Å²) >= 11 is 0. The van der Waals surface area contributed by atoms with Crippen LogP contribution in [0.1, 0.15) is 35.6 Å². The van der Waals surface area contributed by atoms with Gasteiger partial charge in [-0.3, -0.25) is 14.5 Å². The molecule has 0 saturated carbocycles. The number of hydrogen-bond acceptors (Lipinski definition) is 4. The van der Waals surface area contributed by atoms with Crippen molar-refractivity contribution in [1.82, 2.24) is 19.8 Å². The maximum atomic E-state index is 13.1. The molecule has 3 heterocycles. The smallest absolute Gasteiger partial charge is 0.250 e. The molecule has 1 saturated heterocycles. The number of likely N-dealkylation sites (tertiary alicyclic amines) is 1. The molecule has 1 N–H and O–H groups in total. The van der Waals surface area contributed by atoms with Crippen molar-refractivity contribution in [3.05, 3.63) is 63.8 Å². The van der Waals surface area contributed by atoms with Crippen molar-refractivity contribution in [3.63, 3.8) is 0 Å². The highest BCUT2D eigenvalue weighted by Gasteiger charge is 2.34. The largest absolute Gasteiger partial charge is 0.341 e. The molecular weight excluding hydrogens is 328 g/mol. The Hall–Kier alpha value is -2.47. The number of carbonyl (C=O) groups excluding carboxylic acids is 1. The topological polar surface area (TPSA) is 69.3 Å². The highest BCUT2D eigenvalue weighted by Crippen LogP contribution is 2.28. The summed E-state index contributed by atoms with van der Waals surface area (Å²) in [5, 5.41) is 0. The number of H-pyrrole nitrogens is 1. The summed E-state index contributed by atoms with van der Waals surface area (Å²) in [6, 6.07) is 9.88. The molecule has 6 heteroatoms. The summed E-state index contributed by atoms with van der Waals surface area (Å²) in [7, 11) is 2.03. The molecule has 2 aromatic rings. The zero-order valence-electron chi connectivity index (χ0n) is 15.0. The van der Waals surface area contributed by atoms with Gasteiger partial charge in [-0.25, -0.2) is 4.98 Å². The molecule has 1 fully saturated rings. The second-order valence-corrected chi connectivity index (χ2v) is 7.34. The van der Waals surface area contributed by atoms with Crippen LogP contribution in [0.25, 0.3) is 0 Å². The summed E-state index contributed by atoms with van der Waals surface area (Å²) in [5.41, 5.74) is 3.32. The number of nitrogens with one attached hydrogen (secondary N) is 1. The quantitative estimate of drug-likeness (QED) is 0.890. The Balaban J connectivity index is 1.41. The second kappa shape index (κ2) is 7.03. The Morgan fingerprint density at radius 1 is 1.19 bits per heavy atom. The van der Waals surface area contributed by atoms with Gasteiger partial charge < -0.3 is 9.88 Å². The van der Waals surface area contributed by atoms with Crippen molar-refractivity contribution in [1.29, 1.82) is 0 Å². The summed E-state index contributed by atoms with van der Waals surface area (Å²) in [5.74, 6) is 0.477. The first-order valence-electron chi connectivity index (χ1n) is 9.22. The number of benzene rings is 1. The van der Waals surface area contributed by atoms with Crippen LogP contribution in [0.2, 0.25) is 0 Å². The number of aromatic amines is 1. The maximum absolute atomic E-state index is 13.1. The molecular formula is C20H24N4O2. The van der Waals surface area contributed by atoms with Crippen LogP contribution in [0.15, 0.2) is 41.5 Å². The number of carbonyl (C=O) groups is 1. The molecule has 2 aliphatic rings. The van der Waals surface area contributed by atoms with Crippen LogP contribution in [-0.4, -0.2) is 51.9 Å². The van der Waals surface area contributed by atoms with Crippen molar-refractivity contribution < 1.29 is 4.79 Å². The standard InChI is InChI=1S/C20H24N4O2/c1-23-12-16-5-3-2-4-15(16)10-18(23)20(26)24-8-6-14(7-9-24)17-11-19(25)22-13-21-17/h2-5,11,13-14,18H,6-10,12H2,1H3,(H,21,22,25)/t18-/m1/s1. The fourth-order valence-electron chi connectivity index (χ4n) is 4.14. The minimum Gasteiger partial charge on any atom is -0.341 e. The van der Waals surface area contributed by atoms with E-state index in [0.29, 0.717) is 0 Å². The van der Waals surface area contributed by atoms with Crippen LogP contribution in [0.3, 0.4) is 0 Å². The average Bonchev–Trinajstić information content (AvgIpc) is 2.67. The van der Waals surface area contributed by atoms with Crippen LogP contribution >= 0.6 is 0 Å². The Kier molecular flexibility index (Phi) is 4.59. The van der Waals surface area contributed by atoms with Crippen molar-refractivity contribution in [2.75, 3.05) is 20.1 Å². The van der Waals surface area contributed by atoms with E-state index < -0.39 is 0 Å². The Morgan fingerprint density at radius 3 is 2.65 bits per heavy atom. The van der Waals surface area contributed by atoms with Crippen molar-refractivity contribution in [3.8, 4) is 0 Å². The van der Waals surface area contributed by atoms with Gasteiger partial charge in [-0.1, -0.05) is 24.3 Å². The van der Waals surface area contributed by atoms with Crippen LogP contribution < -0.4 is 5.56 Å². The van der Waals surface area contributed by atoms with Gasteiger partial charge in [0, 0.05) is 31.6 Å². The number of likely N-dealkylation sites (N-methyl/N-ethyl adjacent to an activating group) is 1. The fourth-order valence-corrected chi connectivity index (χ4v) is 4.14. The lowest BCUT2D eigenvalue weighted by Gasteiger charge is -2.39. The van der Waals surface area contributed by atoms with Gasteiger partial charge in [0.2, 0.25) is 5.91 Å². The predicted octanol–water partition coefficient (Wildman–Crippen LogP) is 1.53.